The zero-order valence-corrected chi connectivity index (χ0v) is 43.2. The maximum atomic E-state index is 12.8. The van der Waals surface area contributed by atoms with E-state index in [9.17, 15) is 14.4 Å². The second-order valence-electron chi connectivity index (χ2n) is 20.3. The van der Waals surface area contributed by atoms with Crippen molar-refractivity contribution in [2.45, 2.75) is 323 Å². The molecule has 0 aliphatic heterocycles. The van der Waals surface area contributed by atoms with E-state index in [0.717, 1.165) is 69.6 Å². The Morgan fingerprint density at radius 2 is 0.603 bits per heavy atom. The molecule has 0 bridgehead atoms. The quantitative estimate of drug-likeness (QED) is 0.0344. The van der Waals surface area contributed by atoms with Gasteiger partial charge in [0.1, 0.15) is 13.2 Å². The third-order valence-corrected chi connectivity index (χ3v) is 13.3. The summed E-state index contributed by atoms with van der Waals surface area (Å²) in [6.07, 6.45) is 52.3. The van der Waals surface area contributed by atoms with Crippen molar-refractivity contribution >= 4 is 17.9 Å². The predicted octanol–water partition coefficient (Wildman–Crippen LogP) is 18.5. The first-order valence-electron chi connectivity index (χ1n) is 28.3. The summed E-state index contributed by atoms with van der Waals surface area (Å²) in [7, 11) is 0. The lowest BCUT2D eigenvalue weighted by Gasteiger charge is -2.18. The Morgan fingerprint density at radius 1 is 0.333 bits per heavy atom. The zero-order valence-electron chi connectivity index (χ0n) is 43.2. The van der Waals surface area contributed by atoms with Crippen molar-refractivity contribution in [1.29, 1.82) is 0 Å². The van der Waals surface area contributed by atoms with Crippen LogP contribution in [0.25, 0.3) is 0 Å². The van der Waals surface area contributed by atoms with Crippen LogP contribution in [0.3, 0.4) is 0 Å². The molecule has 1 unspecified atom stereocenters. The summed E-state index contributed by atoms with van der Waals surface area (Å²) >= 11 is 0. The third-order valence-electron chi connectivity index (χ3n) is 13.3. The van der Waals surface area contributed by atoms with Crippen LogP contribution in [0.5, 0.6) is 0 Å². The molecule has 0 spiro atoms. The second-order valence-corrected chi connectivity index (χ2v) is 20.3. The number of carbonyl (C=O) groups is 3. The summed E-state index contributed by atoms with van der Waals surface area (Å²) in [5.74, 6) is 0.841. The van der Waals surface area contributed by atoms with Crippen molar-refractivity contribution in [3.05, 3.63) is 0 Å². The number of ether oxygens (including phenoxy) is 3. The molecule has 0 saturated carbocycles. The first-order chi connectivity index (χ1) is 30.8. The lowest BCUT2D eigenvalue weighted by Crippen LogP contribution is -2.30. The van der Waals surface area contributed by atoms with Crippen LogP contribution < -0.4 is 0 Å². The second kappa shape index (κ2) is 49.8. The van der Waals surface area contributed by atoms with Crippen molar-refractivity contribution in [2.75, 3.05) is 13.2 Å². The number of unbranched alkanes of at least 4 members (excludes halogenated alkanes) is 35. The SMILES string of the molecule is CCCCCCCCCCCCCCCCCCCC(=O)OC[C@@H](COC(=O)CCCCCCCCCCCCCCCC(C)C)OC(=O)CCCCCCCCCCC(C)CC. The smallest absolute Gasteiger partial charge is 0.306 e. The van der Waals surface area contributed by atoms with Gasteiger partial charge in [0.05, 0.1) is 0 Å². The number of carbonyl (C=O) groups excluding carboxylic acids is 3. The van der Waals surface area contributed by atoms with Crippen molar-refractivity contribution in [3.8, 4) is 0 Å². The molecule has 0 aromatic rings. The molecule has 0 amide bonds. The average molecular weight is 892 g/mol. The standard InChI is InChI=1S/C57H110O6/c1-6-8-9-10-11-12-13-14-15-16-17-20-23-26-32-37-42-47-55(58)61-50-54(63-57(60)49-44-39-34-29-28-31-36-41-46-53(5)7-2)51-62-56(59)48-43-38-33-27-24-21-18-19-22-25-30-35-40-45-52(3)4/h52-54H,6-51H2,1-5H3/t53?,54-/m0/s1. The summed E-state index contributed by atoms with van der Waals surface area (Å²) in [6, 6.07) is 0. The van der Waals surface area contributed by atoms with Crippen LogP contribution in [-0.4, -0.2) is 37.2 Å². The molecule has 0 rings (SSSR count). The largest absolute Gasteiger partial charge is 0.462 e. The molecule has 0 saturated heterocycles. The normalized spacial score (nSPS) is 12.5. The first-order valence-corrected chi connectivity index (χ1v) is 28.3. The molecule has 2 atom stereocenters. The minimum Gasteiger partial charge on any atom is -0.462 e. The lowest BCUT2D eigenvalue weighted by molar-refractivity contribution is -0.167. The first kappa shape index (κ1) is 61.4. The van der Waals surface area contributed by atoms with Gasteiger partial charge < -0.3 is 14.2 Å². The highest BCUT2D eigenvalue weighted by atomic mass is 16.6. The van der Waals surface area contributed by atoms with Crippen LogP contribution in [0.4, 0.5) is 0 Å². The van der Waals surface area contributed by atoms with Crippen molar-refractivity contribution < 1.29 is 28.6 Å². The van der Waals surface area contributed by atoms with Gasteiger partial charge in [-0.2, -0.15) is 0 Å². The van der Waals surface area contributed by atoms with Gasteiger partial charge in [0.15, 0.2) is 6.10 Å². The fourth-order valence-electron chi connectivity index (χ4n) is 8.66. The summed E-state index contributed by atoms with van der Waals surface area (Å²) < 4.78 is 16.9. The van der Waals surface area contributed by atoms with E-state index >= 15 is 0 Å². The Labute approximate surface area is 393 Å². The summed E-state index contributed by atoms with van der Waals surface area (Å²) in [6.45, 7) is 11.4. The predicted molar refractivity (Wildman–Crippen MR) is 270 cm³/mol. The van der Waals surface area contributed by atoms with Gasteiger partial charge >= 0.3 is 17.9 Å². The van der Waals surface area contributed by atoms with Crippen LogP contribution in [0, 0.1) is 11.8 Å². The highest BCUT2D eigenvalue weighted by Crippen LogP contribution is 2.18. The van der Waals surface area contributed by atoms with Gasteiger partial charge in [-0.05, 0) is 31.1 Å². The Balaban J connectivity index is 4.28. The Hall–Kier alpha value is -1.59. The van der Waals surface area contributed by atoms with Crippen LogP contribution in [0.2, 0.25) is 0 Å². The molecule has 0 N–H and O–H groups in total. The maximum Gasteiger partial charge on any atom is 0.306 e. The molecular weight excluding hydrogens is 781 g/mol. The molecule has 0 aromatic carbocycles. The lowest BCUT2D eigenvalue weighted by atomic mass is 9.99. The third kappa shape index (κ3) is 49.7. The minimum absolute atomic E-state index is 0.0633. The van der Waals surface area contributed by atoms with Gasteiger partial charge in [-0.15, -0.1) is 0 Å². The van der Waals surface area contributed by atoms with Gasteiger partial charge in [-0.3, -0.25) is 14.4 Å². The Morgan fingerprint density at radius 3 is 0.905 bits per heavy atom. The van der Waals surface area contributed by atoms with Crippen LogP contribution in [-0.2, 0) is 28.6 Å². The molecular formula is C57H110O6. The monoisotopic (exact) mass is 891 g/mol. The highest BCUT2D eigenvalue weighted by Gasteiger charge is 2.19. The summed E-state index contributed by atoms with van der Waals surface area (Å²) in [4.78, 5) is 38.1. The molecule has 0 heterocycles. The number of hydrogen-bond donors (Lipinski definition) is 0. The maximum absolute atomic E-state index is 12.8. The van der Waals surface area contributed by atoms with Crippen LogP contribution >= 0.6 is 0 Å². The number of hydrogen-bond acceptors (Lipinski definition) is 6. The van der Waals surface area contributed by atoms with E-state index < -0.39 is 6.10 Å². The van der Waals surface area contributed by atoms with E-state index in [1.165, 1.54) is 205 Å². The van der Waals surface area contributed by atoms with Gasteiger partial charge in [0.25, 0.3) is 0 Å². The molecule has 63 heavy (non-hydrogen) atoms. The van der Waals surface area contributed by atoms with Crippen LogP contribution in [0.15, 0.2) is 0 Å². The minimum atomic E-state index is -0.763. The van der Waals surface area contributed by atoms with Crippen molar-refractivity contribution in [2.24, 2.45) is 11.8 Å². The topological polar surface area (TPSA) is 78.9 Å². The highest BCUT2D eigenvalue weighted by molar-refractivity contribution is 5.71. The molecule has 0 aromatic heterocycles. The van der Waals surface area contributed by atoms with Crippen molar-refractivity contribution in [3.63, 3.8) is 0 Å². The average Bonchev–Trinajstić information content (AvgIpc) is 3.27. The molecule has 6 nitrogen and oxygen atoms in total. The molecule has 0 aliphatic rings. The number of rotatable bonds is 51. The van der Waals surface area contributed by atoms with Gasteiger partial charge in [0, 0.05) is 19.3 Å². The molecule has 6 heteroatoms. The van der Waals surface area contributed by atoms with Gasteiger partial charge in [0.2, 0.25) is 0 Å². The van der Waals surface area contributed by atoms with E-state index in [1.54, 1.807) is 0 Å². The van der Waals surface area contributed by atoms with Crippen LogP contribution in [0.1, 0.15) is 317 Å². The van der Waals surface area contributed by atoms with E-state index in [1.807, 2.05) is 0 Å². The molecule has 374 valence electrons. The zero-order chi connectivity index (χ0) is 46.1. The summed E-state index contributed by atoms with van der Waals surface area (Å²) in [5, 5.41) is 0. The van der Waals surface area contributed by atoms with E-state index in [4.69, 9.17) is 14.2 Å². The van der Waals surface area contributed by atoms with E-state index in [-0.39, 0.29) is 31.1 Å². The fourth-order valence-corrected chi connectivity index (χ4v) is 8.66. The molecule has 0 fully saturated rings. The summed E-state index contributed by atoms with van der Waals surface area (Å²) in [5.41, 5.74) is 0. The molecule has 0 aliphatic carbocycles. The van der Waals surface area contributed by atoms with E-state index in [0.29, 0.717) is 19.3 Å². The van der Waals surface area contributed by atoms with Gasteiger partial charge in [-0.25, -0.2) is 0 Å². The number of esters is 3. The Kier molecular flexibility index (Phi) is 48.6. The fraction of sp³-hybridized carbons (Fsp3) is 0.947. The van der Waals surface area contributed by atoms with Crippen molar-refractivity contribution in [1.82, 2.24) is 0 Å². The Bertz CT molecular complexity index is 964. The molecule has 0 radical (unpaired) electrons. The van der Waals surface area contributed by atoms with E-state index in [2.05, 4.69) is 34.6 Å². The van der Waals surface area contributed by atoms with Gasteiger partial charge in [-0.1, -0.05) is 279 Å².